The minimum Gasteiger partial charge on any atom is -0.353 e. The van der Waals surface area contributed by atoms with Gasteiger partial charge in [0.25, 0.3) is 0 Å². The van der Waals surface area contributed by atoms with Crippen LogP contribution in [0.2, 0.25) is 0 Å². The summed E-state index contributed by atoms with van der Waals surface area (Å²) in [5, 5.41) is 3.07. The molecule has 150 valence electrons. The average Bonchev–Trinajstić information content (AvgIpc) is 2.73. The molecule has 1 saturated heterocycles. The molecule has 5 nitrogen and oxygen atoms in total. The third-order valence-corrected chi connectivity index (χ3v) is 7.11. The summed E-state index contributed by atoms with van der Waals surface area (Å²) in [5.74, 6) is -0.347. The Morgan fingerprint density at radius 3 is 2.43 bits per heavy atom. The molecule has 0 bridgehead atoms. The average molecular weight is 401 g/mol. The first-order chi connectivity index (χ1) is 13.5. The molecule has 2 aromatic carbocycles. The summed E-state index contributed by atoms with van der Waals surface area (Å²) in [5.41, 5.74) is 1.25. The van der Waals surface area contributed by atoms with Gasteiger partial charge in [-0.25, -0.2) is 8.42 Å². The fourth-order valence-corrected chi connectivity index (χ4v) is 5.12. The molecule has 6 heteroatoms. The predicted octanol–water partition coefficient (Wildman–Crippen LogP) is 3.22. The number of benzene rings is 2. The first-order valence-corrected chi connectivity index (χ1v) is 11.3. The van der Waals surface area contributed by atoms with Gasteiger partial charge in [0.1, 0.15) is 0 Å². The number of aryl methyl sites for hydroxylation is 1. The van der Waals surface area contributed by atoms with E-state index in [9.17, 15) is 13.2 Å². The Kier molecular flexibility index (Phi) is 6.86. The minimum absolute atomic E-state index is 0.0477. The largest absolute Gasteiger partial charge is 0.353 e. The lowest BCUT2D eigenvalue weighted by Crippen LogP contribution is -2.47. The standard InChI is InChI=1S/C22H28N2O3S/c1-18(14-15-19-9-4-2-5-10-19)23-22(25)20-11-8-16-24(17-20)28(26,27)21-12-6-3-7-13-21/h2-7,9-10,12-13,18,20H,8,11,14-17H2,1H3,(H,23,25)/t18-,20+/m1/s1. The lowest BCUT2D eigenvalue weighted by molar-refractivity contribution is -0.126. The zero-order chi connectivity index (χ0) is 20.0. The molecule has 0 saturated carbocycles. The van der Waals surface area contributed by atoms with Crippen LogP contribution in [0.5, 0.6) is 0 Å². The van der Waals surface area contributed by atoms with Gasteiger partial charge in [-0.1, -0.05) is 48.5 Å². The highest BCUT2D eigenvalue weighted by Gasteiger charge is 2.33. The van der Waals surface area contributed by atoms with Crippen LogP contribution in [-0.2, 0) is 21.2 Å². The molecule has 1 amide bonds. The summed E-state index contributed by atoms with van der Waals surface area (Å²) >= 11 is 0. The summed E-state index contributed by atoms with van der Waals surface area (Å²) in [6.45, 7) is 2.71. The Balaban J connectivity index is 1.55. The van der Waals surface area contributed by atoms with Gasteiger partial charge in [-0.2, -0.15) is 4.31 Å². The van der Waals surface area contributed by atoms with E-state index in [4.69, 9.17) is 0 Å². The van der Waals surface area contributed by atoms with Crippen LogP contribution in [0.25, 0.3) is 0 Å². The highest BCUT2D eigenvalue weighted by atomic mass is 32.2. The van der Waals surface area contributed by atoms with Gasteiger partial charge in [0, 0.05) is 19.1 Å². The van der Waals surface area contributed by atoms with Crippen LogP contribution in [-0.4, -0.2) is 37.8 Å². The number of hydrogen-bond donors (Lipinski definition) is 1. The molecule has 1 heterocycles. The minimum atomic E-state index is -3.55. The van der Waals surface area contributed by atoms with Crippen molar-refractivity contribution in [2.75, 3.05) is 13.1 Å². The fraction of sp³-hybridized carbons (Fsp3) is 0.409. The number of nitrogens with zero attached hydrogens (tertiary/aromatic N) is 1. The van der Waals surface area contributed by atoms with Crippen LogP contribution in [0.1, 0.15) is 31.7 Å². The first-order valence-electron chi connectivity index (χ1n) is 9.86. The molecule has 2 atom stereocenters. The predicted molar refractivity (Wildman–Crippen MR) is 110 cm³/mol. The van der Waals surface area contributed by atoms with Crippen molar-refractivity contribution in [3.8, 4) is 0 Å². The zero-order valence-corrected chi connectivity index (χ0v) is 17.1. The number of hydrogen-bond acceptors (Lipinski definition) is 3. The number of rotatable bonds is 7. The molecule has 0 aromatic heterocycles. The number of nitrogens with one attached hydrogen (secondary N) is 1. The van der Waals surface area contributed by atoms with E-state index in [-0.39, 0.29) is 29.3 Å². The normalized spacial score (nSPS) is 19.1. The van der Waals surface area contributed by atoms with E-state index in [1.807, 2.05) is 25.1 Å². The second-order valence-corrected chi connectivity index (χ2v) is 9.39. The monoisotopic (exact) mass is 400 g/mol. The number of sulfonamides is 1. The molecule has 0 radical (unpaired) electrons. The molecule has 1 fully saturated rings. The highest BCUT2D eigenvalue weighted by molar-refractivity contribution is 7.89. The molecule has 0 unspecified atom stereocenters. The molecule has 28 heavy (non-hydrogen) atoms. The molecule has 0 spiro atoms. The number of carbonyl (C=O) groups excluding carboxylic acids is 1. The van der Waals surface area contributed by atoms with Crippen LogP contribution >= 0.6 is 0 Å². The lowest BCUT2D eigenvalue weighted by atomic mass is 9.98. The summed E-state index contributed by atoms with van der Waals surface area (Å²) in [6.07, 6.45) is 3.18. The zero-order valence-electron chi connectivity index (χ0n) is 16.3. The lowest BCUT2D eigenvalue weighted by Gasteiger charge is -2.31. The summed E-state index contributed by atoms with van der Waals surface area (Å²) < 4.78 is 27.1. The Morgan fingerprint density at radius 2 is 1.75 bits per heavy atom. The smallest absolute Gasteiger partial charge is 0.243 e. The number of carbonyl (C=O) groups is 1. The number of amides is 1. The second-order valence-electron chi connectivity index (χ2n) is 7.45. The van der Waals surface area contributed by atoms with Crippen molar-refractivity contribution >= 4 is 15.9 Å². The van der Waals surface area contributed by atoms with Crippen molar-refractivity contribution in [3.05, 3.63) is 66.2 Å². The van der Waals surface area contributed by atoms with E-state index >= 15 is 0 Å². The van der Waals surface area contributed by atoms with E-state index in [2.05, 4.69) is 17.4 Å². The summed E-state index contributed by atoms with van der Waals surface area (Å²) in [6, 6.07) is 18.7. The van der Waals surface area contributed by atoms with E-state index in [1.165, 1.54) is 9.87 Å². The van der Waals surface area contributed by atoms with E-state index < -0.39 is 10.0 Å². The quantitative estimate of drug-likeness (QED) is 0.776. The van der Waals surface area contributed by atoms with E-state index in [0.717, 1.165) is 19.3 Å². The van der Waals surface area contributed by atoms with Gasteiger partial charge in [0.15, 0.2) is 0 Å². The van der Waals surface area contributed by atoms with Crippen LogP contribution in [0.15, 0.2) is 65.6 Å². The summed E-state index contributed by atoms with van der Waals surface area (Å²) in [7, 11) is -3.55. The topological polar surface area (TPSA) is 66.5 Å². The van der Waals surface area contributed by atoms with Gasteiger partial charge in [-0.05, 0) is 50.3 Å². The SMILES string of the molecule is C[C@H](CCc1ccccc1)NC(=O)[C@H]1CCCN(S(=O)(=O)c2ccccc2)C1. The maximum atomic E-state index is 12.8. The number of piperidine rings is 1. The Bertz CT molecular complexity index is 869. The third-order valence-electron chi connectivity index (χ3n) is 5.23. The van der Waals surface area contributed by atoms with Crippen LogP contribution in [0.3, 0.4) is 0 Å². The van der Waals surface area contributed by atoms with Gasteiger partial charge in [-0.3, -0.25) is 4.79 Å². The van der Waals surface area contributed by atoms with Crippen LogP contribution in [0, 0.1) is 5.92 Å². The second kappa shape index (κ2) is 9.34. The first kappa shape index (κ1) is 20.6. The van der Waals surface area contributed by atoms with Gasteiger partial charge in [0.05, 0.1) is 10.8 Å². The maximum absolute atomic E-state index is 12.8. The van der Waals surface area contributed by atoms with Gasteiger partial charge < -0.3 is 5.32 Å². The molecular formula is C22H28N2O3S. The molecule has 1 aliphatic heterocycles. The van der Waals surface area contributed by atoms with Crippen molar-refractivity contribution in [2.24, 2.45) is 5.92 Å². The van der Waals surface area contributed by atoms with Gasteiger partial charge in [0.2, 0.25) is 15.9 Å². The van der Waals surface area contributed by atoms with Crippen LogP contribution < -0.4 is 5.32 Å². The molecule has 3 rings (SSSR count). The van der Waals surface area contributed by atoms with E-state index in [1.54, 1.807) is 30.3 Å². The third kappa shape index (κ3) is 5.20. The van der Waals surface area contributed by atoms with Crippen molar-refractivity contribution in [1.29, 1.82) is 0 Å². The molecule has 0 aliphatic carbocycles. The van der Waals surface area contributed by atoms with Crippen LogP contribution in [0.4, 0.5) is 0 Å². The molecule has 2 aromatic rings. The van der Waals surface area contributed by atoms with Crippen molar-refractivity contribution in [1.82, 2.24) is 9.62 Å². The van der Waals surface area contributed by atoms with Crippen molar-refractivity contribution < 1.29 is 13.2 Å². The Morgan fingerprint density at radius 1 is 1.11 bits per heavy atom. The van der Waals surface area contributed by atoms with Gasteiger partial charge >= 0.3 is 0 Å². The molecular weight excluding hydrogens is 372 g/mol. The fourth-order valence-electron chi connectivity index (χ4n) is 3.58. The highest BCUT2D eigenvalue weighted by Crippen LogP contribution is 2.24. The van der Waals surface area contributed by atoms with E-state index in [0.29, 0.717) is 13.0 Å². The summed E-state index contributed by atoms with van der Waals surface area (Å²) in [4.78, 5) is 13.0. The van der Waals surface area contributed by atoms with Crippen molar-refractivity contribution in [3.63, 3.8) is 0 Å². The molecule has 1 N–H and O–H groups in total. The maximum Gasteiger partial charge on any atom is 0.243 e. The van der Waals surface area contributed by atoms with Crippen molar-refractivity contribution in [2.45, 2.75) is 43.5 Å². The Labute approximate surface area is 167 Å². The Hall–Kier alpha value is -2.18. The van der Waals surface area contributed by atoms with Gasteiger partial charge in [-0.15, -0.1) is 0 Å². The molecule has 1 aliphatic rings.